The Bertz CT molecular complexity index is 591. The van der Waals surface area contributed by atoms with E-state index in [2.05, 4.69) is 56.1 Å². The van der Waals surface area contributed by atoms with E-state index in [1.165, 1.54) is 16.7 Å². The van der Waals surface area contributed by atoms with Crippen LogP contribution in [0, 0.1) is 0 Å². The molecule has 0 radical (unpaired) electrons. The van der Waals surface area contributed by atoms with E-state index in [4.69, 9.17) is 0 Å². The van der Waals surface area contributed by atoms with E-state index in [0.717, 1.165) is 17.5 Å². The molecule has 0 aliphatic carbocycles. The van der Waals surface area contributed by atoms with Crippen molar-refractivity contribution in [2.24, 2.45) is 0 Å². The first-order valence-electron chi connectivity index (χ1n) is 6.36. The third kappa shape index (κ3) is 3.11. The molecule has 0 N–H and O–H groups in total. The average molecular weight is 246 g/mol. The maximum absolute atomic E-state index is 3.87. The van der Waals surface area contributed by atoms with Crippen molar-refractivity contribution in [3.63, 3.8) is 0 Å². The van der Waals surface area contributed by atoms with Crippen molar-refractivity contribution in [2.45, 2.75) is 6.42 Å². The van der Waals surface area contributed by atoms with Crippen molar-refractivity contribution in [2.75, 3.05) is 0 Å². The van der Waals surface area contributed by atoms with E-state index in [-0.39, 0.29) is 0 Å². The van der Waals surface area contributed by atoms with Crippen molar-refractivity contribution < 1.29 is 0 Å². The molecular weight excluding hydrogens is 228 g/mol. The lowest BCUT2D eigenvalue weighted by molar-refractivity contribution is 1.18. The first-order valence-corrected chi connectivity index (χ1v) is 6.36. The summed E-state index contributed by atoms with van der Waals surface area (Å²) in [4.78, 5) is 0. The lowest BCUT2D eigenvalue weighted by Crippen LogP contribution is -1.93. The molecule has 0 aliphatic rings. The van der Waals surface area contributed by atoms with Gasteiger partial charge in [0.15, 0.2) is 0 Å². The van der Waals surface area contributed by atoms with Crippen LogP contribution in [0.25, 0.3) is 18.2 Å². The molecule has 0 saturated heterocycles. The van der Waals surface area contributed by atoms with Gasteiger partial charge in [0.05, 0.1) is 0 Å². The van der Waals surface area contributed by atoms with Gasteiger partial charge in [0.1, 0.15) is 0 Å². The summed E-state index contributed by atoms with van der Waals surface area (Å²) in [5.74, 6) is 0. The minimum Gasteiger partial charge on any atom is -0.0985 e. The van der Waals surface area contributed by atoms with Gasteiger partial charge in [-0.15, -0.1) is 0 Å². The van der Waals surface area contributed by atoms with Crippen molar-refractivity contribution in [1.82, 2.24) is 0 Å². The van der Waals surface area contributed by atoms with Gasteiger partial charge in [0, 0.05) is 0 Å². The second kappa shape index (κ2) is 6.01. The zero-order chi connectivity index (χ0) is 13.7. The Morgan fingerprint density at radius 3 is 2.00 bits per heavy atom. The molecule has 0 heteroatoms. The molecular formula is C19H18. The van der Waals surface area contributed by atoms with Gasteiger partial charge in [-0.2, -0.15) is 0 Å². The second-order valence-corrected chi connectivity index (χ2v) is 4.50. The van der Waals surface area contributed by atoms with Gasteiger partial charge >= 0.3 is 0 Å². The molecule has 0 aliphatic heterocycles. The molecule has 94 valence electrons. The summed E-state index contributed by atoms with van der Waals surface area (Å²) < 4.78 is 0. The zero-order valence-corrected chi connectivity index (χ0v) is 11.1. The van der Waals surface area contributed by atoms with Crippen LogP contribution in [0.5, 0.6) is 0 Å². The van der Waals surface area contributed by atoms with E-state index in [0.29, 0.717) is 0 Å². The Morgan fingerprint density at radius 1 is 0.789 bits per heavy atom. The summed E-state index contributed by atoms with van der Waals surface area (Å²) in [7, 11) is 0. The maximum atomic E-state index is 3.87. The van der Waals surface area contributed by atoms with Crippen LogP contribution in [-0.2, 0) is 6.42 Å². The van der Waals surface area contributed by atoms with Gasteiger partial charge in [-0.1, -0.05) is 74.4 Å². The highest BCUT2D eigenvalue weighted by atomic mass is 14.1. The fraction of sp³-hybridized carbons (Fsp3) is 0.0526. The van der Waals surface area contributed by atoms with E-state index < -0.39 is 0 Å². The van der Waals surface area contributed by atoms with Crippen LogP contribution in [0.3, 0.4) is 0 Å². The lowest BCUT2D eigenvalue weighted by Gasteiger charge is -2.08. The molecule has 2 aromatic rings. The molecule has 0 nitrogen and oxygen atoms in total. The number of rotatable bonds is 5. The van der Waals surface area contributed by atoms with Crippen LogP contribution < -0.4 is 0 Å². The quantitative estimate of drug-likeness (QED) is 0.679. The Balaban J connectivity index is 2.39. The van der Waals surface area contributed by atoms with Crippen molar-refractivity contribution in [3.05, 3.63) is 90.0 Å². The normalized spacial score (nSPS) is 9.89. The van der Waals surface area contributed by atoms with Crippen LogP contribution in [0.1, 0.15) is 27.8 Å². The fourth-order valence-corrected chi connectivity index (χ4v) is 2.20. The standard InChI is InChI=1S/C19H18/c1-4-15-11-16(5-2)13-17(12-15)14-19-10-8-7-9-18(19)6-3/h4-13H,1-3,14H2. The first-order chi connectivity index (χ1) is 9.26. The smallest absolute Gasteiger partial charge is 0.00194 e. The van der Waals surface area contributed by atoms with Crippen LogP contribution in [0.15, 0.2) is 62.2 Å². The Morgan fingerprint density at radius 2 is 1.42 bits per heavy atom. The molecule has 0 atom stereocenters. The largest absolute Gasteiger partial charge is 0.0985 e. The molecule has 19 heavy (non-hydrogen) atoms. The molecule has 0 amide bonds. The van der Waals surface area contributed by atoms with E-state index in [9.17, 15) is 0 Å². The molecule has 0 heterocycles. The molecule has 0 saturated carbocycles. The highest BCUT2D eigenvalue weighted by molar-refractivity contribution is 5.59. The van der Waals surface area contributed by atoms with E-state index in [1.54, 1.807) is 0 Å². The third-order valence-corrected chi connectivity index (χ3v) is 3.18. The second-order valence-electron chi connectivity index (χ2n) is 4.50. The Kier molecular flexibility index (Phi) is 4.15. The minimum atomic E-state index is 0.894. The van der Waals surface area contributed by atoms with Crippen molar-refractivity contribution in [3.8, 4) is 0 Å². The van der Waals surface area contributed by atoms with Crippen molar-refractivity contribution >= 4 is 18.2 Å². The highest BCUT2D eigenvalue weighted by Gasteiger charge is 2.02. The summed E-state index contributed by atoms with van der Waals surface area (Å²) in [6.07, 6.45) is 6.54. The van der Waals surface area contributed by atoms with Gasteiger partial charge in [-0.25, -0.2) is 0 Å². The number of benzene rings is 2. The summed E-state index contributed by atoms with van der Waals surface area (Å²) >= 11 is 0. The van der Waals surface area contributed by atoms with Gasteiger partial charge in [-0.3, -0.25) is 0 Å². The van der Waals surface area contributed by atoms with Gasteiger partial charge < -0.3 is 0 Å². The van der Waals surface area contributed by atoms with E-state index in [1.807, 2.05) is 24.3 Å². The van der Waals surface area contributed by atoms with Gasteiger partial charge in [0.2, 0.25) is 0 Å². The van der Waals surface area contributed by atoms with Crippen LogP contribution in [0.2, 0.25) is 0 Å². The number of hydrogen-bond acceptors (Lipinski definition) is 0. The van der Waals surface area contributed by atoms with Crippen LogP contribution >= 0.6 is 0 Å². The maximum Gasteiger partial charge on any atom is -0.00194 e. The predicted molar refractivity (Wildman–Crippen MR) is 86.0 cm³/mol. The third-order valence-electron chi connectivity index (χ3n) is 3.18. The molecule has 0 spiro atoms. The van der Waals surface area contributed by atoms with Crippen LogP contribution in [-0.4, -0.2) is 0 Å². The van der Waals surface area contributed by atoms with Gasteiger partial charge in [-0.05, 0) is 40.3 Å². The summed E-state index contributed by atoms with van der Waals surface area (Å²) in [5, 5.41) is 0. The molecule has 0 unspecified atom stereocenters. The first kappa shape index (κ1) is 13.1. The SMILES string of the molecule is C=Cc1cc(C=C)cc(Cc2ccccc2C=C)c1. The Labute approximate surface area is 115 Å². The van der Waals surface area contributed by atoms with Crippen molar-refractivity contribution in [1.29, 1.82) is 0 Å². The highest BCUT2D eigenvalue weighted by Crippen LogP contribution is 2.19. The lowest BCUT2D eigenvalue weighted by atomic mass is 9.97. The molecule has 2 aromatic carbocycles. The fourth-order valence-electron chi connectivity index (χ4n) is 2.20. The summed E-state index contributed by atoms with van der Waals surface area (Å²) in [6, 6.07) is 14.8. The zero-order valence-electron chi connectivity index (χ0n) is 11.1. The summed E-state index contributed by atoms with van der Waals surface area (Å²) in [5.41, 5.74) is 5.99. The number of hydrogen-bond donors (Lipinski definition) is 0. The predicted octanol–water partition coefficient (Wildman–Crippen LogP) is 5.21. The molecule has 2 rings (SSSR count). The summed E-state index contributed by atoms with van der Waals surface area (Å²) in [6.45, 7) is 11.5. The molecule has 0 fully saturated rings. The molecule has 0 aromatic heterocycles. The van der Waals surface area contributed by atoms with Gasteiger partial charge in [0.25, 0.3) is 0 Å². The Hall–Kier alpha value is -2.34. The van der Waals surface area contributed by atoms with Crippen LogP contribution in [0.4, 0.5) is 0 Å². The van der Waals surface area contributed by atoms with E-state index >= 15 is 0 Å². The minimum absolute atomic E-state index is 0.894. The average Bonchev–Trinajstić information content (AvgIpc) is 2.47. The molecule has 0 bridgehead atoms. The topological polar surface area (TPSA) is 0 Å². The monoisotopic (exact) mass is 246 g/mol.